The number of alkyl halides is 3. The van der Waals surface area contributed by atoms with Crippen molar-refractivity contribution in [1.82, 2.24) is 9.88 Å². The fourth-order valence-corrected chi connectivity index (χ4v) is 5.73. The molecule has 2 aliphatic heterocycles. The van der Waals surface area contributed by atoms with E-state index in [-0.39, 0.29) is 29.8 Å². The lowest BCUT2D eigenvalue weighted by Gasteiger charge is -2.36. The smallest absolute Gasteiger partial charge is 0.423 e. The van der Waals surface area contributed by atoms with E-state index in [1.54, 1.807) is 6.20 Å². The van der Waals surface area contributed by atoms with Crippen LogP contribution in [-0.2, 0) is 15.7 Å². The topological polar surface area (TPSA) is 110 Å². The van der Waals surface area contributed by atoms with Crippen LogP contribution in [0.4, 0.5) is 30.4 Å². The van der Waals surface area contributed by atoms with Crippen LogP contribution in [0, 0.1) is 10.1 Å². The van der Waals surface area contributed by atoms with E-state index in [0.717, 1.165) is 37.4 Å². The minimum absolute atomic E-state index is 0.0434. The Balaban J connectivity index is 1.09. The van der Waals surface area contributed by atoms with E-state index in [0.29, 0.717) is 64.0 Å². The van der Waals surface area contributed by atoms with Gasteiger partial charge in [0.2, 0.25) is 5.91 Å². The quantitative estimate of drug-likeness (QED) is 0.344. The van der Waals surface area contributed by atoms with Crippen LogP contribution >= 0.6 is 0 Å². The lowest BCUT2D eigenvalue weighted by molar-refractivity contribution is -0.388. The minimum Gasteiger partial charge on any atom is -0.490 e. The molecule has 5 rings (SSSR count). The van der Waals surface area contributed by atoms with Crippen molar-refractivity contribution in [2.75, 3.05) is 43.0 Å². The number of aromatic nitrogens is 1. The van der Waals surface area contributed by atoms with Crippen molar-refractivity contribution in [2.45, 2.75) is 69.4 Å². The number of carbonyl (C=O) groups excluding carboxylic acids is 1. The number of halogens is 3. The Morgan fingerprint density at radius 1 is 1.10 bits per heavy atom. The molecule has 3 heterocycles. The summed E-state index contributed by atoms with van der Waals surface area (Å²) in [6.45, 7) is 3.37. The van der Waals surface area contributed by atoms with Crippen LogP contribution in [0.15, 0.2) is 36.5 Å². The molecule has 0 spiro atoms. The maximum absolute atomic E-state index is 13.3. The first-order valence-electron chi connectivity index (χ1n) is 14.0. The summed E-state index contributed by atoms with van der Waals surface area (Å²) in [5, 5.41) is 14.1. The molecule has 1 aromatic heterocycles. The third kappa shape index (κ3) is 7.38. The number of nitro benzene ring substituents is 1. The molecule has 10 nitrogen and oxygen atoms in total. The van der Waals surface area contributed by atoms with Gasteiger partial charge in [0.25, 0.3) is 5.69 Å². The van der Waals surface area contributed by atoms with Gasteiger partial charge in [0, 0.05) is 62.8 Å². The lowest BCUT2D eigenvalue weighted by atomic mass is 9.92. The molecule has 0 radical (unpaired) electrons. The predicted octanol–water partition coefficient (Wildman–Crippen LogP) is 5.03. The number of anilines is 2. The number of amides is 1. The number of hydrogen-bond donors (Lipinski definition) is 1. The van der Waals surface area contributed by atoms with Gasteiger partial charge in [0.1, 0.15) is 17.1 Å². The summed E-state index contributed by atoms with van der Waals surface area (Å²) in [6, 6.07) is 6.66. The van der Waals surface area contributed by atoms with Gasteiger partial charge in [-0.3, -0.25) is 14.9 Å². The van der Waals surface area contributed by atoms with Crippen LogP contribution in [0.5, 0.6) is 5.75 Å². The molecule has 1 aliphatic carbocycles. The van der Waals surface area contributed by atoms with Crippen molar-refractivity contribution in [3.8, 4) is 5.75 Å². The van der Waals surface area contributed by atoms with Crippen molar-refractivity contribution < 1.29 is 32.4 Å². The molecule has 1 amide bonds. The summed E-state index contributed by atoms with van der Waals surface area (Å²) >= 11 is 0. The van der Waals surface area contributed by atoms with Gasteiger partial charge in [0.05, 0.1) is 23.6 Å². The summed E-state index contributed by atoms with van der Waals surface area (Å²) in [5.74, 6) is 1.64. The van der Waals surface area contributed by atoms with Crippen LogP contribution in [0.2, 0.25) is 0 Å². The van der Waals surface area contributed by atoms with Gasteiger partial charge in [0.15, 0.2) is 0 Å². The number of nitrogens with zero attached hydrogens (tertiary/aromatic N) is 4. The fraction of sp³-hybridized carbons (Fsp3) is 0.571. The molecule has 1 unspecified atom stereocenters. The average Bonchev–Trinajstić information content (AvgIpc) is 3.47. The van der Waals surface area contributed by atoms with Gasteiger partial charge in [-0.25, -0.2) is 4.98 Å². The normalized spacial score (nSPS) is 23.3. The molecule has 2 aromatic rings. The second-order valence-electron chi connectivity index (χ2n) is 10.8. The Labute approximate surface area is 236 Å². The Hall–Kier alpha value is -3.61. The first-order chi connectivity index (χ1) is 19.7. The summed E-state index contributed by atoms with van der Waals surface area (Å²) < 4.78 is 51.8. The number of hydrogen-bond acceptors (Lipinski definition) is 8. The van der Waals surface area contributed by atoms with Gasteiger partial charge in [-0.05, 0) is 56.7 Å². The maximum atomic E-state index is 13.3. The average molecular weight is 578 g/mol. The van der Waals surface area contributed by atoms with Gasteiger partial charge in [-0.1, -0.05) is 0 Å². The summed E-state index contributed by atoms with van der Waals surface area (Å²) in [4.78, 5) is 31.1. The van der Waals surface area contributed by atoms with E-state index in [1.807, 2.05) is 17.0 Å². The molecule has 1 atom stereocenters. The zero-order chi connectivity index (χ0) is 29.0. The Kier molecular flexibility index (Phi) is 8.81. The van der Waals surface area contributed by atoms with E-state index in [1.165, 1.54) is 6.07 Å². The number of benzene rings is 1. The second-order valence-corrected chi connectivity index (χ2v) is 10.8. The second kappa shape index (κ2) is 12.5. The summed E-state index contributed by atoms with van der Waals surface area (Å²) in [7, 11) is 0. The van der Waals surface area contributed by atoms with Gasteiger partial charge in [-0.2, -0.15) is 13.2 Å². The van der Waals surface area contributed by atoms with Crippen molar-refractivity contribution >= 4 is 23.1 Å². The van der Waals surface area contributed by atoms with Gasteiger partial charge >= 0.3 is 6.18 Å². The Morgan fingerprint density at radius 3 is 2.51 bits per heavy atom. The SMILES string of the molecule is O=C(CC1CCCO1)N1CCN(c2cc(O[C@H]3CC[C@H](Nc4ccc([N+](=O)[O-])c(C(F)(F)F)c4)CC3)ccn2)CC1. The van der Waals surface area contributed by atoms with Crippen LogP contribution in [0.1, 0.15) is 50.5 Å². The highest BCUT2D eigenvalue weighted by molar-refractivity contribution is 5.77. The largest absolute Gasteiger partial charge is 0.490 e. The number of nitro groups is 1. The Bertz CT molecular complexity index is 1220. The zero-order valence-electron chi connectivity index (χ0n) is 22.6. The number of carbonyl (C=O) groups is 1. The van der Waals surface area contributed by atoms with E-state index in [2.05, 4.69) is 15.2 Å². The number of rotatable bonds is 8. The predicted molar refractivity (Wildman–Crippen MR) is 145 cm³/mol. The zero-order valence-corrected chi connectivity index (χ0v) is 22.6. The van der Waals surface area contributed by atoms with Gasteiger partial charge < -0.3 is 24.6 Å². The van der Waals surface area contributed by atoms with Crippen LogP contribution in [-0.4, -0.2) is 71.8 Å². The van der Waals surface area contributed by atoms with E-state index >= 15 is 0 Å². The lowest BCUT2D eigenvalue weighted by Crippen LogP contribution is -2.49. The van der Waals surface area contributed by atoms with Crippen LogP contribution < -0.4 is 15.0 Å². The molecule has 3 aliphatic rings. The third-order valence-electron chi connectivity index (χ3n) is 7.95. The van der Waals surface area contributed by atoms with Crippen LogP contribution in [0.3, 0.4) is 0 Å². The standard InChI is InChI=1S/C28H34F3N5O5/c29-28(30,31)24-16-20(5-8-25(24)36(38)39)33-19-3-6-21(7-4-19)41-23-9-10-32-26(17-23)34-11-13-35(14-12-34)27(37)18-22-2-1-15-40-22/h5,8-10,16-17,19,21-22,33H,1-4,6-7,11-15,18H2/t19-,21-,22?. The summed E-state index contributed by atoms with van der Waals surface area (Å²) in [5.41, 5.74) is -2.01. The van der Waals surface area contributed by atoms with Crippen LogP contribution in [0.25, 0.3) is 0 Å². The molecule has 1 N–H and O–H groups in total. The highest BCUT2D eigenvalue weighted by Gasteiger charge is 2.38. The first kappa shape index (κ1) is 28.9. The molecule has 1 aromatic carbocycles. The van der Waals surface area contributed by atoms with Crippen molar-refractivity contribution in [3.63, 3.8) is 0 Å². The van der Waals surface area contributed by atoms with Crippen molar-refractivity contribution in [1.29, 1.82) is 0 Å². The highest BCUT2D eigenvalue weighted by atomic mass is 19.4. The first-order valence-corrected chi connectivity index (χ1v) is 14.0. The number of piperazine rings is 1. The molecule has 222 valence electrons. The molecule has 0 bridgehead atoms. The number of nitrogens with one attached hydrogen (secondary N) is 1. The molecule has 1 saturated carbocycles. The summed E-state index contributed by atoms with van der Waals surface area (Å²) in [6.07, 6.45) is 2.09. The van der Waals surface area contributed by atoms with E-state index < -0.39 is 22.4 Å². The maximum Gasteiger partial charge on any atom is 0.423 e. The molecular formula is C28H34F3N5O5. The Morgan fingerprint density at radius 2 is 1.85 bits per heavy atom. The molecule has 2 saturated heterocycles. The molecule has 3 fully saturated rings. The highest BCUT2D eigenvalue weighted by Crippen LogP contribution is 2.38. The van der Waals surface area contributed by atoms with E-state index in [4.69, 9.17) is 9.47 Å². The molecular weight excluding hydrogens is 543 g/mol. The van der Waals surface area contributed by atoms with Gasteiger partial charge in [-0.15, -0.1) is 0 Å². The molecule has 41 heavy (non-hydrogen) atoms. The third-order valence-corrected chi connectivity index (χ3v) is 7.95. The van der Waals surface area contributed by atoms with E-state index in [9.17, 15) is 28.1 Å². The van der Waals surface area contributed by atoms with Crippen molar-refractivity contribution in [2.24, 2.45) is 0 Å². The molecule has 13 heteroatoms. The monoisotopic (exact) mass is 577 g/mol. The fourth-order valence-electron chi connectivity index (χ4n) is 5.73. The van der Waals surface area contributed by atoms with Crippen molar-refractivity contribution in [3.05, 3.63) is 52.2 Å². The number of ether oxygens (including phenoxy) is 2. The minimum atomic E-state index is -4.82. The number of pyridine rings is 1.